The van der Waals surface area contributed by atoms with E-state index in [1.807, 2.05) is 42.5 Å². The minimum atomic E-state index is -0.190. The van der Waals surface area contributed by atoms with E-state index in [1.54, 1.807) is 18.3 Å². The van der Waals surface area contributed by atoms with Crippen LogP contribution in [0.4, 0.5) is 11.5 Å². The fraction of sp³-hybridized carbons (Fsp3) is 0.182. The molecule has 1 aliphatic heterocycles. The summed E-state index contributed by atoms with van der Waals surface area (Å²) in [5.74, 6) is 0.498. The standard InChI is InChI=1S/C22H19N3O3/c26-22(18-5-3-9-23-21(18)25-10-12-27-13-11-25)24-15-7-8-17-16-4-1-2-6-19(16)28-20(17)14-15/h1-9,14H,10-13H2,(H,24,26). The summed E-state index contributed by atoms with van der Waals surface area (Å²) in [6.45, 7) is 2.73. The van der Waals surface area contributed by atoms with Crippen molar-refractivity contribution in [2.24, 2.45) is 0 Å². The summed E-state index contributed by atoms with van der Waals surface area (Å²) in [7, 11) is 0. The largest absolute Gasteiger partial charge is 0.456 e. The molecule has 1 saturated heterocycles. The molecule has 4 aromatic rings. The highest BCUT2D eigenvalue weighted by Gasteiger charge is 2.20. The van der Waals surface area contributed by atoms with Crippen molar-refractivity contribution in [3.05, 3.63) is 66.4 Å². The first-order valence-electron chi connectivity index (χ1n) is 9.30. The van der Waals surface area contributed by atoms with Gasteiger partial charge in [0.1, 0.15) is 17.0 Å². The molecule has 1 amide bonds. The van der Waals surface area contributed by atoms with Gasteiger partial charge in [-0.1, -0.05) is 18.2 Å². The molecule has 2 aromatic heterocycles. The van der Waals surface area contributed by atoms with Crippen LogP contribution < -0.4 is 10.2 Å². The minimum Gasteiger partial charge on any atom is -0.456 e. The molecule has 5 rings (SSSR count). The van der Waals surface area contributed by atoms with Crippen molar-refractivity contribution in [2.75, 3.05) is 36.5 Å². The Balaban J connectivity index is 1.45. The van der Waals surface area contributed by atoms with E-state index in [2.05, 4.69) is 15.2 Å². The molecule has 1 fully saturated rings. The van der Waals surface area contributed by atoms with E-state index in [4.69, 9.17) is 9.15 Å². The Morgan fingerprint density at radius 3 is 2.68 bits per heavy atom. The predicted octanol–water partition coefficient (Wildman–Crippen LogP) is 4.07. The SMILES string of the molecule is O=C(Nc1ccc2c(c1)oc1ccccc12)c1cccnc1N1CCOCC1. The number of anilines is 2. The van der Waals surface area contributed by atoms with Gasteiger partial charge in [0, 0.05) is 41.8 Å². The summed E-state index contributed by atoms with van der Waals surface area (Å²) in [5, 5.41) is 5.08. The van der Waals surface area contributed by atoms with Gasteiger partial charge in [0.05, 0.1) is 18.8 Å². The summed E-state index contributed by atoms with van der Waals surface area (Å²) in [6.07, 6.45) is 1.71. The van der Waals surface area contributed by atoms with Crippen LogP contribution in [0.25, 0.3) is 21.9 Å². The van der Waals surface area contributed by atoms with E-state index >= 15 is 0 Å². The Bertz CT molecular complexity index is 1160. The fourth-order valence-electron chi connectivity index (χ4n) is 3.60. The van der Waals surface area contributed by atoms with Crippen LogP contribution in [0.5, 0.6) is 0 Å². The van der Waals surface area contributed by atoms with Crippen molar-refractivity contribution in [1.82, 2.24) is 4.98 Å². The van der Waals surface area contributed by atoms with E-state index in [0.717, 1.165) is 35.0 Å². The number of hydrogen-bond donors (Lipinski definition) is 1. The Morgan fingerprint density at radius 1 is 0.964 bits per heavy atom. The van der Waals surface area contributed by atoms with E-state index in [1.165, 1.54) is 0 Å². The van der Waals surface area contributed by atoms with Crippen molar-refractivity contribution in [1.29, 1.82) is 0 Å². The first-order valence-corrected chi connectivity index (χ1v) is 9.30. The third-order valence-corrected chi connectivity index (χ3v) is 4.98. The molecule has 3 heterocycles. The Morgan fingerprint density at radius 2 is 1.79 bits per heavy atom. The molecule has 0 spiro atoms. The number of carbonyl (C=O) groups is 1. The molecular weight excluding hydrogens is 354 g/mol. The number of para-hydroxylation sites is 1. The van der Waals surface area contributed by atoms with Crippen molar-refractivity contribution >= 4 is 39.4 Å². The lowest BCUT2D eigenvalue weighted by atomic mass is 10.1. The number of aromatic nitrogens is 1. The zero-order chi connectivity index (χ0) is 18.9. The summed E-state index contributed by atoms with van der Waals surface area (Å²) in [6, 6.07) is 17.2. The maximum atomic E-state index is 12.9. The zero-order valence-electron chi connectivity index (χ0n) is 15.2. The fourth-order valence-corrected chi connectivity index (χ4v) is 3.60. The van der Waals surface area contributed by atoms with Crippen LogP contribution in [0, 0.1) is 0 Å². The number of pyridine rings is 1. The van der Waals surface area contributed by atoms with E-state index < -0.39 is 0 Å². The minimum absolute atomic E-state index is 0.190. The van der Waals surface area contributed by atoms with Crippen LogP contribution in [0.15, 0.2) is 65.2 Å². The maximum Gasteiger partial charge on any atom is 0.259 e. The number of amides is 1. The van der Waals surface area contributed by atoms with Gasteiger partial charge in [0.15, 0.2) is 0 Å². The van der Waals surface area contributed by atoms with Gasteiger partial charge in [0.2, 0.25) is 0 Å². The van der Waals surface area contributed by atoms with Crippen molar-refractivity contribution in [3.63, 3.8) is 0 Å². The highest BCUT2D eigenvalue weighted by molar-refractivity contribution is 6.10. The smallest absolute Gasteiger partial charge is 0.259 e. The molecule has 0 unspecified atom stereocenters. The summed E-state index contributed by atoms with van der Waals surface area (Å²) >= 11 is 0. The summed E-state index contributed by atoms with van der Waals surface area (Å²) < 4.78 is 11.3. The van der Waals surface area contributed by atoms with Crippen LogP contribution in [0.1, 0.15) is 10.4 Å². The van der Waals surface area contributed by atoms with Crippen LogP contribution >= 0.6 is 0 Å². The Labute approximate surface area is 161 Å². The zero-order valence-corrected chi connectivity index (χ0v) is 15.2. The quantitative estimate of drug-likeness (QED) is 0.586. The molecule has 0 atom stereocenters. The lowest BCUT2D eigenvalue weighted by Gasteiger charge is -2.29. The van der Waals surface area contributed by atoms with Gasteiger partial charge in [0.25, 0.3) is 5.91 Å². The van der Waals surface area contributed by atoms with Crippen LogP contribution in [0.2, 0.25) is 0 Å². The molecule has 6 nitrogen and oxygen atoms in total. The maximum absolute atomic E-state index is 12.9. The first-order chi connectivity index (χ1) is 13.8. The summed E-state index contributed by atoms with van der Waals surface area (Å²) in [5.41, 5.74) is 2.82. The van der Waals surface area contributed by atoms with Crippen molar-refractivity contribution in [3.8, 4) is 0 Å². The highest BCUT2D eigenvalue weighted by Crippen LogP contribution is 2.30. The second-order valence-corrected chi connectivity index (χ2v) is 6.74. The number of fused-ring (bicyclic) bond motifs is 3. The number of rotatable bonds is 3. The molecule has 140 valence electrons. The third-order valence-electron chi connectivity index (χ3n) is 4.98. The van der Waals surface area contributed by atoms with Gasteiger partial charge in [-0.25, -0.2) is 4.98 Å². The van der Waals surface area contributed by atoms with E-state index in [-0.39, 0.29) is 5.91 Å². The highest BCUT2D eigenvalue weighted by atomic mass is 16.5. The van der Waals surface area contributed by atoms with Gasteiger partial charge in [-0.15, -0.1) is 0 Å². The summed E-state index contributed by atoms with van der Waals surface area (Å²) in [4.78, 5) is 19.5. The number of furan rings is 1. The number of nitrogens with one attached hydrogen (secondary N) is 1. The van der Waals surface area contributed by atoms with Crippen LogP contribution in [-0.2, 0) is 4.74 Å². The van der Waals surface area contributed by atoms with Crippen LogP contribution in [-0.4, -0.2) is 37.2 Å². The van der Waals surface area contributed by atoms with Gasteiger partial charge >= 0.3 is 0 Å². The molecule has 2 aromatic carbocycles. The molecule has 1 aliphatic rings. The molecule has 1 N–H and O–H groups in total. The lowest BCUT2D eigenvalue weighted by molar-refractivity contribution is 0.102. The van der Waals surface area contributed by atoms with Crippen molar-refractivity contribution < 1.29 is 13.9 Å². The Hall–Kier alpha value is -3.38. The predicted molar refractivity (Wildman–Crippen MR) is 109 cm³/mol. The van der Waals surface area contributed by atoms with Gasteiger partial charge in [-0.2, -0.15) is 0 Å². The molecular formula is C22H19N3O3. The number of carbonyl (C=O) groups excluding carboxylic acids is 1. The molecule has 28 heavy (non-hydrogen) atoms. The lowest BCUT2D eigenvalue weighted by Crippen LogP contribution is -2.38. The number of hydrogen-bond acceptors (Lipinski definition) is 5. The van der Waals surface area contributed by atoms with Crippen molar-refractivity contribution in [2.45, 2.75) is 0 Å². The van der Waals surface area contributed by atoms with Crippen LogP contribution in [0.3, 0.4) is 0 Å². The average molecular weight is 373 g/mol. The number of ether oxygens (including phenoxy) is 1. The Kier molecular flexibility index (Phi) is 4.18. The number of morpholine rings is 1. The number of benzene rings is 2. The van der Waals surface area contributed by atoms with E-state index in [9.17, 15) is 4.79 Å². The van der Waals surface area contributed by atoms with Gasteiger partial charge < -0.3 is 19.4 Å². The second-order valence-electron chi connectivity index (χ2n) is 6.74. The number of nitrogens with zero attached hydrogens (tertiary/aromatic N) is 2. The third kappa shape index (κ3) is 2.97. The monoisotopic (exact) mass is 373 g/mol. The average Bonchev–Trinajstić information content (AvgIpc) is 3.12. The molecule has 0 bridgehead atoms. The normalized spacial score (nSPS) is 14.5. The van der Waals surface area contributed by atoms with Gasteiger partial charge in [-0.3, -0.25) is 4.79 Å². The first kappa shape index (κ1) is 16.8. The topological polar surface area (TPSA) is 67.6 Å². The molecule has 0 aliphatic carbocycles. The second kappa shape index (κ2) is 6.98. The molecule has 6 heteroatoms. The van der Waals surface area contributed by atoms with Gasteiger partial charge in [-0.05, 0) is 30.3 Å². The van der Waals surface area contributed by atoms with E-state index in [0.29, 0.717) is 30.3 Å². The molecule has 0 saturated carbocycles. The molecule has 0 radical (unpaired) electrons.